The normalized spacial score (nSPS) is 19.3. The lowest BCUT2D eigenvalue weighted by Crippen LogP contribution is -2.37. The molecule has 0 fully saturated rings. The molecule has 3 aliphatic rings. The number of furan rings is 2. The third-order valence-electron chi connectivity index (χ3n) is 11.6. The van der Waals surface area contributed by atoms with Crippen molar-refractivity contribution in [3.05, 3.63) is 192 Å². The van der Waals surface area contributed by atoms with Gasteiger partial charge in [-0.05, 0) is 108 Å². The molecule has 0 aliphatic heterocycles. The first kappa shape index (κ1) is 29.4. The number of para-hydroxylation sites is 2. The molecule has 6 aromatic carbocycles. The summed E-state index contributed by atoms with van der Waals surface area (Å²) >= 11 is 0. The molecule has 2 heterocycles. The summed E-state index contributed by atoms with van der Waals surface area (Å²) in [6.45, 7) is 0. The first-order chi connectivity index (χ1) is 25.8. The molecule has 0 radical (unpaired) electrons. The highest BCUT2D eigenvalue weighted by atomic mass is 16.3. The smallest absolute Gasteiger partial charge is 0.137 e. The van der Waals surface area contributed by atoms with E-state index in [9.17, 15) is 0 Å². The van der Waals surface area contributed by atoms with Gasteiger partial charge in [-0.3, -0.25) is 0 Å². The molecular formula is C49H35NO2. The van der Waals surface area contributed by atoms with Crippen LogP contribution in [-0.2, 0) is 5.41 Å². The van der Waals surface area contributed by atoms with E-state index in [1.807, 2.05) is 12.1 Å². The molecule has 52 heavy (non-hydrogen) atoms. The summed E-state index contributed by atoms with van der Waals surface area (Å²) in [7, 11) is 0. The average molecular weight is 670 g/mol. The maximum Gasteiger partial charge on any atom is 0.137 e. The molecule has 0 bridgehead atoms. The van der Waals surface area contributed by atoms with Gasteiger partial charge in [-0.25, -0.2) is 0 Å². The first-order valence-corrected chi connectivity index (χ1v) is 18.3. The maximum absolute atomic E-state index is 6.70. The fourth-order valence-electron chi connectivity index (χ4n) is 9.45. The Hall–Kier alpha value is -6.32. The number of nitrogens with zero attached hydrogens (tertiary/aromatic N) is 1. The van der Waals surface area contributed by atoms with Crippen LogP contribution in [0.3, 0.4) is 0 Å². The third kappa shape index (κ3) is 4.20. The summed E-state index contributed by atoms with van der Waals surface area (Å²) in [6.07, 6.45) is 17.1. The number of allylic oxidation sites excluding steroid dienone is 8. The number of fused-ring (bicyclic) bond motifs is 8. The van der Waals surface area contributed by atoms with Crippen molar-refractivity contribution in [1.82, 2.24) is 0 Å². The van der Waals surface area contributed by atoms with Crippen molar-refractivity contribution in [2.24, 2.45) is 5.92 Å². The van der Waals surface area contributed by atoms with Crippen LogP contribution in [0.5, 0.6) is 0 Å². The Morgan fingerprint density at radius 2 is 1.27 bits per heavy atom. The standard InChI is InChI=1S/C49H35NO2/c1-3-13-32(14-4-1)49(43-20-10-7-17-37(43)38-18-8-11-21-44(38)49)33-23-28-46-42(29-33)41-27-25-36(31-48(41)52-46)50(34-15-5-2-6-16-34)35-24-26-40-39-19-9-12-22-45(39)51-47(40)30-35/h1-10,12-13,15-20,22-32H,11,14,21H2. The SMILES string of the molecule is C1=CCC(C2(c3ccc4oc5cc(N(c6ccccc6)c6ccc7c(c6)oc6ccccc67)ccc5c4c3)C3=C(C=CCC3)c3ccccc32)C=C1. The van der Waals surface area contributed by atoms with Gasteiger partial charge >= 0.3 is 0 Å². The van der Waals surface area contributed by atoms with Crippen molar-refractivity contribution in [2.75, 3.05) is 4.90 Å². The monoisotopic (exact) mass is 669 g/mol. The van der Waals surface area contributed by atoms with Crippen LogP contribution >= 0.6 is 0 Å². The Bertz CT molecular complexity index is 2840. The molecule has 2 unspecified atom stereocenters. The van der Waals surface area contributed by atoms with Crippen LogP contribution < -0.4 is 4.90 Å². The van der Waals surface area contributed by atoms with E-state index in [1.54, 1.807) is 5.57 Å². The fraction of sp³-hybridized carbons (Fsp3) is 0.102. The Morgan fingerprint density at radius 1 is 0.558 bits per heavy atom. The van der Waals surface area contributed by atoms with Crippen molar-refractivity contribution in [1.29, 1.82) is 0 Å². The number of rotatable bonds is 5. The second-order valence-electron chi connectivity index (χ2n) is 14.3. The lowest BCUT2D eigenvalue weighted by molar-refractivity contribution is 0.435. The van der Waals surface area contributed by atoms with E-state index < -0.39 is 0 Å². The van der Waals surface area contributed by atoms with Gasteiger partial charge in [0.25, 0.3) is 0 Å². The minimum Gasteiger partial charge on any atom is -0.456 e. The highest BCUT2D eigenvalue weighted by Gasteiger charge is 2.50. The van der Waals surface area contributed by atoms with Gasteiger partial charge in [0.1, 0.15) is 22.3 Å². The molecule has 0 saturated carbocycles. The topological polar surface area (TPSA) is 29.5 Å². The highest BCUT2D eigenvalue weighted by Crippen LogP contribution is 2.59. The van der Waals surface area contributed by atoms with Gasteiger partial charge < -0.3 is 13.7 Å². The predicted molar refractivity (Wildman–Crippen MR) is 215 cm³/mol. The van der Waals surface area contributed by atoms with Crippen molar-refractivity contribution in [2.45, 2.75) is 24.7 Å². The van der Waals surface area contributed by atoms with Crippen LogP contribution in [0.15, 0.2) is 184 Å². The number of anilines is 3. The van der Waals surface area contributed by atoms with Gasteiger partial charge in [0, 0.05) is 56.2 Å². The quantitative estimate of drug-likeness (QED) is 0.183. The van der Waals surface area contributed by atoms with Crippen LogP contribution in [-0.4, -0.2) is 0 Å². The largest absolute Gasteiger partial charge is 0.456 e. The molecule has 248 valence electrons. The minimum absolute atomic E-state index is 0.241. The van der Waals surface area contributed by atoms with E-state index in [4.69, 9.17) is 8.83 Å². The van der Waals surface area contributed by atoms with Gasteiger partial charge in [0.2, 0.25) is 0 Å². The lowest BCUT2D eigenvalue weighted by atomic mass is 9.60. The van der Waals surface area contributed by atoms with E-state index >= 15 is 0 Å². The molecule has 11 rings (SSSR count). The molecule has 0 spiro atoms. The summed E-state index contributed by atoms with van der Waals surface area (Å²) in [5, 5.41) is 4.52. The molecular weight excluding hydrogens is 635 g/mol. The van der Waals surface area contributed by atoms with E-state index in [2.05, 4.69) is 163 Å². The Morgan fingerprint density at radius 3 is 2.08 bits per heavy atom. The number of benzene rings is 6. The Labute approximate surface area is 302 Å². The second kappa shape index (κ2) is 11.3. The highest BCUT2D eigenvalue weighted by molar-refractivity contribution is 6.08. The van der Waals surface area contributed by atoms with Crippen molar-refractivity contribution >= 4 is 66.5 Å². The molecule has 2 atom stereocenters. The third-order valence-corrected chi connectivity index (χ3v) is 11.6. The van der Waals surface area contributed by atoms with Crippen LogP contribution in [0.25, 0.3) is 49.5 Å². The summed E-state index contributed by atoms with van der Waals surface area (Å²) in [6, 6.07) is 48.0. The fourth-order valence-corrected chi connectivity index (χ4v) is 9.45. The molecule has 0 saturated heterocycles. The molecule has 0 amide bonds. The van der Waals surface area contributed by atoms with Crippen LogP contribution in [0.4, 0.5) is 17.1 Å². The van der Waals surface area contributed by atoms with Crippen LogP contribution in [0, 0.1) is 5.92 Å². The summed E-state index contributed by atoms with van der Waals surface area (Å²) in [5.74, 6) is 0.323. The van der Waals surface area contributed by atoms with Crippen LogP contribution in [0.2, 0.25) is 0 Å². The van der Waals surface area contributed by atoms with Crippen molar-refractivity contribution < 1.29 is 8.83 Å². The zero-order chi connectivity index (χ0) is 34.2. The Kier molecular flexibility index (Phi) is 6.42. The van der Waals surface area contributed by atoms with Crippen molar-refractivity contribution in [3.8, 4) is 0 Å². The van der Waals surface area contributed by atoms with E-state index in [-0.39, 0.29) is 5.41 Å². The maximum atomic E-state index is 6.70. The lowest BCUT2D eigenvalue weighted by Gasteiger charge is -2.41. The molecule has 3 aliphatic carbocycles. The van der Waals surface area contributed by atoms with E-state index in [0.29, 0.717) is 5.92 Å². The van der Waals surface area contributed by atoms with Gasteiger partial charge in [-0.1, -0.05) is 103 Å². The van der Waals surface area contributed by atoms with Gasteiger partial charge in [-0.15, -0.1) is 0 Å². The van der Waals surface area contributed by atoms with E-state index in [0.717, 1.165) is 80.2 Å². The molecule has 3 nitrogen and oxygen atoms in total. The Balaban J connectivity index is 1.08. The molecule has 3 heteroatoms. The summed E-state index contributed by atoms with van der Waals surface area (Å²) in [4.78, 5) is 2.28. The zero-order valence-electron chi connectivity index (χ0n) is 28.6. The van der Waals surface area contributed by atoms with Gasteiger partial charge in [0.15, 0.2) is 0 Å². The number of hydrogen-bond acceptors (Lipinski definition) is 3. The minimum atomic E-state index is -0.241. The number of hydrogen-bond donors (Lipinski definition) is 0. The summed E-state index contributed by atoms with van der Waals surface area (Å²) in [5.41, 5.74) is 13.5. The predicted octanol–water partition coefficient (Wildman–Crippen LogP) is 13.5. The van der Waals surface area contributed by atoms with Crippen molar-refractivity contribution in [3.63, 3.8) is 0 Å². The van der Waals surface area contributed by atoms with Crippen LogP contribution in [0.1, 0.15) is 36.0 Å². The average Bonchev–Trinajstić information content (AvgIpc) is 3.86. The molecule has 0 N–H and O–H groups in total. The van der Waals surface area contributed by atoms with Gasteiger partial charge in [-0.2, -0.15) is 0 Å². The van der Waals surface area contributed by atoms with E-state index in [1.165, 1.54) is 22.3 Å². The second-order valence-corrected chi connectivity index (χ2v) is 14.3. The summed E-state index contributed by atoms with van der Waals surface area (Å²) < 4.78 is 13.0. The molecule has 8 aromatic rings. The van der Waals surface area contributed by atoms with Gasteiger partial charge in [0.05, 0.1) is 0 Å². The molecule has 2 aromatic heterocycles. The zero-order valence-corrected chi connectivity index (χ0v) is 28.6. The first-order valence-electron chi connectivity index (χ1n) is 18.3.